The molecule has 0 radical (unpaired) electrons. The summed E-state index contributed by atoms with van der Waals surface area (Å²) >= 11 is 0. The van der Waals surface area contributed by atoms with E-state index >= 15 is 0 Å². The number of aliphatic hydroxyl groups is 1. The first-order valence-corrected chi connectivity index (χ1v) is 5.00. The lowest BCUT2D eigenvalue weighted by atomic mass is 10.1. The Morgan fingerprint density at radius 3 is 2.29 bits per heavy atom. The van der Waals surface area contributed by atoms with Crippen molar-refractivity contribution in [1.82, 2.24) is 0 Å². The van der Waals surface area contributed by atoms with Gasteiger partial charge in [0.2, 0.25) is 0 Å². The molecule has 0 spiro atoms. The molecule has 2 heteroatoms. The standard InChI is InChI=1S/C12H19NO/c1-10-4-6-11(7-5-10)13-9-8-12(2,3)14/h4-7,13-14H,8-9H2,1-3H3. The lowest BCUT2D eigenvalue weighted by molar-refractivity contribution is 0.0749. The van der Waals surface area contributed by atoms with Crippen LogP contribution in [0.4, 0.5) is 5.69 Å². The van der Waals surface area contributed by atoms with Crippen molar-refractivity contribution in [2.45, 2.75) is 32.8 Å². The fourth-order valence-electron chi connectivity index (χ4n) is 1.18. The highest BCUT2D eigenvalue weighted by atomic mass is 16.3. The topological polar surface area (TPSA) is 32.3 Å². The third-order valence-electron chi connectivity index (χ3n) is 2.12. The Labute approximate surface area is 86.0 Å². The van der Waals surface area contributed by atoms with Gasteiger partial charge in [0.05, 0.1) is 5.60 Å². The van der Waals surface area contributed by atoms with E-state index in [2.05, 4.69) is 36.5 Å². The molecule has 2 nitrogen and oxygen atoms in total. The molecule has 1 aromatic carbocycles. The first-order valence-electron chi connectivity index (χ1n) is 5.00. The molecule has 0 unspecified atom stereocenters. The van der Waals surface area contributed by atoms with Crippen LogP contribution in [-0.2, 0) is 0 Å². The second-order valence-corrected chi connectivity index (χ2v) is 4.36. The molecule has 0 aromatic heterocycles. The fraction of sp³-hybridized carbons (Fsp3) is 0.500. The van der Waals surface area contributed by atoms with Crippen molar-refractivity contribution in [3.63, 3.8) is 0 Å². The molecule has 2 N–H and O–H groups in total. The predicted octanol–water partition coefficient (Wildman–Crippen LogP) is 2.57. The molecule has 0 aliphatic heterocycles. The third-order valence-corrected chi connectivity index (χ3v) is 2.12. The zero-order valence-electron chi connectivity index (χ0n) is 9.17. The third kappa shape index (κ3) is 4.28. The van der Waals surface area contributed by atoms with Gasteiger partial charge in [0.15, 0.2) is 0 Å². The van der Waals surface area contributed by atoms with Crippen LogP contribution in [0.2, 0.25) is 0 Å². The van der Waals surface area contributed by atoms with Crippen LogP contribution in [-0.4, -0.2) is 17.3 Å². The molecule has 0 amide bonds. The molecule has 0 aliphatic rings. The van der Waals surface area contributed by atoms with Gasteiger partial charge >= 0.3 is 0 Å². The van der Waals surface area contributed by atoms with Gasteiger partial charge in [-0.2, -0.15) is 0 Å². The number of rotatable bonds is 4. The second kappa shape index (κ2) is 4.47. The summed E-state index contributed by atoms with van der Waals surface area (Å²) in [6.07, 6.45) is 0.751. The Kier molecular flexibility index (Phi) is 3.53. The summed E-state index contributed by atoms with van der Waals surface area (Å²) in [4.78, 5) is 0. The summed E-state index contributed by atoms with van der Waals surface area (Å²) in [5.74, 6) is 0. The van der Waals surface area contributed by atoms with Crippen molar-refractivity contribution in [3.05, 3.63) is 29.8 Å². The normalized spacial score (nSPS) is 11.4. The van der Waals surface area contributed by atoms with Gasteiger partial charge in [-0.15, -0.1) is 0 Å². The zero-order valence-corrected chi connectivity index (χ0v) is 9.17. The van der Waals surface area contributed by atoms with Crippen molar-refractivity contribution < 1.29 is 5.11 Å². The summed E-state index contributed by atoms with van der Waals surface area (Å²) < 4.78 is 0. The Hall–Kier alpha value is -1.02. The summed E-state index contributed by atoms with van der Waals surface area (Å²) in [5.41, 5.74) is 1.79. The van der Waals surface area contributed by atoms with E-state index in [1.54, 1.807) is 0 Å². The monoisotopic (exact) mass is 193 g/mol. The first kappa shape index (κ1) is 11.1. The molecular formula is C12H19NO. The SMILES string of the molecule is Cc1ccc(NCCC(C)(C)O)cc1. The number of anilines is 1. The highest BCUT2D eigenvalue weighted by molar-refractivity contribution is 5.44. The number of benzene rings is 1. The van der Waals surface area contributed by atoms with Crippen molar-refractivity contribution >= 4 is 5.69 Å². The van der Waals surface area contributed by atoms with Crippen LogP contribution >= 0.6 is 0 Å². The molecule has 0 aliphatic carbocycles. The minimum Gasteiger partial charge on any atom is -0.390 e. The zero-order chi connectivity index (χ0) is 10.6. The number of hydrogen-bond donors (Lipinski definition) is 2. The summed E-state index contributed by atoms with van der Waals surface area (Å²) in [6.45, 7) is 6.51. The van der Waals surface area contributed by atoms with Gasteiger partial charge in [0.1, 0.15) is 0 Å². The average molecular weight is 193 g/mol. The molecular weight excluding hydrogens is 174 g/mol. The fourth-order valence-corrected chi connectivity index (χ4v) is 1.18. The maximum Gasteiger partial charge on any atom is 0.0608 e. The van der Waals surface area contributed by atoms with Crippen molar-refractivity contribution in [1.29, 1.82) is 0 Å². The van der Waals surface area contributed by atoms with Crippen LogP contribution in [0.1, 0.15) is 25.8 Å². The van der Waals surface area contributed by atoms with Gasteiger partial charge in [-0.05, 0) is 39.3 Å². The van der Waals surface area contributed by atoms with Gasteiger partial charge < -0.3 is 10.4 Å². The first-order chi connectivity index (χ1) is 6.47. The second-order valence-electron chi connectivity index (χ2n) is 4.36. The molecule has 78 valence electrons. The van der Waals surface area contributed by atoms with Gasteiger partial charge in [-0.1, -0.05) is 17.7 Å². The van der Waals surface area contributed by atoms with E-state index < -0.39 is 5.60 Å². The van der Waals surface area contributed by atoms with E-state index in [9.17, 15) is 5.11 Å². The quantitative estimate of drug-likeness (QED) is 0.770. The molecule has 0 fully saturated rings. The summed E-state index contributed by atoms with van der Waals surface area (Å²) in [5, 5.41) is 12.8. The van der Waals surface area contributed by atoms with Crippen molar-refractivity contribution in [3.8, 4) is 0 Å². The maximum absolute atomic E-state index is 9.50. The van der Waals surface area contributed by atoms with E-state index in [0.717, 1.165) is 18.7 Å². The molecule has 0 saturated carbocycles. The largest absolute Gasteiger partial charge is 0.390 e. The Balaban J connectivity index is 2.35. The van der Waals surface area contributed by atoms with Crippen molar-refractivity contribution in [2.75, 3.05) is 11.9 Å². The van der Waals surface area contributed by atoms with Crippen LogP contribution in [0.25, 0.3) is 0 Å². The Morgan fingerprint density at radius 2 is 1.79 bits per heavy atom. The highest BCUT2D eigenvalue weighted by Gasteiger charge is 2.10. The molecule has 1 rings (SSSR count). The molecule has 14 heavy (non-hydrogen) atoms. The number of aryl methyl sites for hydroxylation is 1. The van der Waals surface area contributed by atoms with E-state index in [0.29, 0.717) is 0 Å². The Morgan fingerprint density at radius 1 is 1.21 bits per heavy atom. The summed E-state index contributed by atoms with van der Waals surface area (Å²) in [7, 11) is 0. The Bertz CT molecular complexity index is 271. The average Bonchev–Trinajstić information content (AvgIpc) is 2.06. The smallest absolute Gasteiger partial charge is 0.0608 e. The van der Waals surface area contributed by atoms with Gasteiger partial charge in [-0.3, -0.25) is 0 Å². The van der Waals surface area contributed by atoms with E-state index in [1.807, 2.05) is 13.8 Å². The van der Waals surface area contributed by atoms with Gasteiger partial charge in [-0.25, -0.2) is 0 Å². The lowest BCUT2D eigenvalue weighted by Gasteiger charge is -2.17. The van der Waals surface area contributed by atoms with E-state index in [4.69, 9.17) is 0 Å². The van der Waals surface area contributed by atoms with Gasteiger partial charge in [0.25, 0.3) is 0 Å². The minimum absolute atomic E-state index is 0.586. The van der Waals surface area contributed by atoms with E-state index in [1.165, 1.54) is 5.56 Å². The predicted molar refractivity (Wildman–Crippen MR) is 60.6 cm³/mol. The van der Waals surface area contributed by atoms with E-state index in [-0.39, 0.29) is 0 Å². The van der Waals surface area contributed by atoms with Crippen LogP contribution < -0.4 is 5.32 Å². The molecule has 0 heterocycles. The molecule has 0 saturated heterocycles. The van der Waals surface area contributed by atoms with Crippen LogP contribution in [0.15, 0.2) is 24.3 Å². The summed E-state index contributed by atoms with van der Waals surface area (Å²) in [6, 6.07) is 8.26. The van der Waals surface area contributed by atoms with Crippen LogP contribution in [0, 0.1) is 6.92 Å². The number of hydrogen-bond acceptors (Lipinski definition) is 2. The minimum atomic E-state index is -0.586. The molecule has 0 bridgehead atoms. The lowest BCUT2D eigenvalue weighted by Crippen LogP contribution is -2.22. The maximum atomic E-state index is 9.50. The van der Waals surface area contributed by atoms with Crippen LogP contribution in [0.3, 0.4) is 0 Å². The molecule has 0 atom stereocenters. The van der Waals surface area contributed by atoms with Gasteiger partial charge in [0, 0.05) is 12.2 Å². The van der Waals surface area contributed by atoms with Crippen LogP contribution in [0.5, 0.6) is 0 Å². The number of nitrogens with one attached hydrogen (secondary N) is 1. The highest BCUT2D eigenvalue weighted by Crippen LogP contribution is 2.11. The molecule has 1 aromatic rings. The van der Waals surface area contributed by atoms with Crippen molar-refractivity contribution in [2.24, 2.45) is 0 Å².